The number of likely N-dealkylation sites (N-methyl/N-ethyl adjacent to an activating group) is 3. The van der Waals surface area contributed by atoms with Crippen LogP contribution in [0.15, 0.2) is 0 Å². The monoisotopic (exact) mass is 232 g/mol. The van der Waals surface area contributed by atoms with Gasteiger partial charge in [0.25, 0.3) is 0 Å². The molecule has 0 aromatic heterocycles. The van der Waals surface area contributed by atoms with Gasteiger partial charge >= 0.3 is 0 Å². The van der Waals surface area contributed by atoms with Crippen LogP contribution in [-0.2, 0) is 0 Å². The Morgan fingerprint density at radius 2 is 0.938 bits per heavy atom. The van der Waals surface area contributed by atoms with Crippen LogP contribution in [0.3, 0.4) is 0 Å². The van der Waals surface area contributed by atoms with E-state index in [1.807, 2.05) is 0 Å². The number of quaternary nitrogens is 3. The number of nitrogens with zero attached hydrogens (tertiary/aromatic N) is 3. The fourth-order valence-corrected chi connectivity index (χ4v) is 1.38. The van der Waals surface area contributed by atoms with Crippen LogP contribution in [0.25, 0.3) is 0 Å². The van der Waals surface area contributed by atoms with E-state index in [2.05, 4.69) is 56.3 Å². The fourth-order valence-electron chi connectivity index (χ4n) is 1.38. The van der Waals surface area contributed by atoms with E-state index in [1.54, 1.807) is 0 Å². The largest absolute Gasteiger partial charge is 0.326 e. The van der Waals surface area contributed by atoms with Gasteiger partial charge in [-0.25, -0.2) is 0 Å². The van der Waals surface area contributed by atoms with Crippen molar-refractivity contribution in [1.29, 1.82) is 0 Å². The van der Waals surface area contributed by atoms with Gasteiger partial charge in [-0.05, 0) is 6.92 Å². The standard InChI is InChI=1S/C13H34N3/c1-9-15(5,6)12-13-16(7,8)11-10-14(2,3)4/h9-13H2,1-8H3/q+3. The molecule has 0 spiro atoms. The lowest BCUT2D eigenvalue weighted by Crippen LogP contribution is -2.54. The SMILES string of the molecule is CC[N+](C)(C)CC[N+](C)(C)CC[N+](C)(C)C. The zero-order chi connectivity index (χ0) is 13.0. The summed E-state index contributed by atoms with van der Waals surface area (Å²) >= 11 is 0. The second-order valence-electron chi connectivity index (χ2n) is 7.37. The minimum Gasteiger partial charge on any atom is -0.326 e. The third kappa shape index (κ3) is 8.08. The lowest BCUT2D eigenvalue weighted by molar-refractivity contribution is -0.963. The molecular formula is C13H34N3+3. The third-order valence-corrected chi connectivity index (χ3v) is 3.54. The van der Waals surface area contributed by atoms with Crippen LogP contribution < -0.4 is 0 Å². The summed E-state index contributed by atoms with van der Waals surface area (Å²) < 4.78 is 3.33. The van der Waals surface area contributed by atoms with Crippen molar-refractivity contribution in [2.45, 2.75) is 6.92 Å². The van der Waals surface area contributed by atoms with Gasteiger partial charge in [-0.3, -0.25) is 0 Å². The van der Waals surface area contributed by atoms with Gasteiger partial charge in [-0.15, -0.1) is 0 Å². The molecule has 0 unspecified atom stereocenters. The molecule has 0 fully saturated rings. The van der Waals surface area contributed by atoms with Gasteiger partial charge in [0.2, 0.25) is 0 Å². The minimum absolute atomic E-state index is 1.06. The molecule has 0 N–H and O–H groups in total. The van der Waals surface area contributed by atoms with E-state index in [0.717, 1.165) is 13.4 Å². The summed E-state index contributed by atoms with van der Waals surface area (Å²) in [4.78, 5) is 0. The van der Waals surface area contributed by atoms with Gasteiger partial charge in [0.05, 0.1) is 55.9 Å². The summed E-state index contributed by atoms with van der Waals surface area (Å²) in [5, 5.41) is 0. The Balaban J connectivity index is 4.06. The molecule has 0 aromatic carbocycles. The van der Waals surface area contributed by atoms with Crippen LogP contribution in [0.2, 0.25) is 0 Å². The minimum atomic E-state index is 1.06. The smallest absolute Gasteiger partial charge is 0.128 e. The average Bonchev–Trinajstić information content (AvgIpc) is 2.12. The van der Waals surface area contributed by atoms with Crippen molar-refractivity contribution in [2.75, 3.05) is 82.1 Å². The summed E-state index contributed by atoms with van der Waals surface area (Å²) in [6.45, 7) is 8.52. The van der Waals surface area contributed by atoms with E-state index in [-0.39, 0.29) is 0 Å². The van der Waals surface area contributed by atoms with Crippen molar-refractivity contribution >= 4 is 0 Å². The Labute approximate surface area is 103 Å². The molecule has 0 saturated heterocycles. The van der Waals surface area contributed by atoms with Gasteiger partial charge in [-0.2, -0.15) is 0 Å². The van der Waals surface area contributed by atoms with Gasteiger partial charge in [0.1, 0.15) is 26.2 Å². The molecule has 0 heterocycles. The van der Waals surface area contributed by atoms with Crippen molar-refractivity contribution in [3.8, 4) is 0 Å². The second kappa shape index (κ2) is 5.48. The van der Waals surface area contributed by atoms with E-state index in [0.29, 0.717) is 0 Å². The molecule has 3 nitrogen and oxygen atoms in total. The first-order valence-corrected chi connectivity index (χ1v) is 6.42. The molecule has 0 atom stereocenters. The Morgan fingerprint density at radius 1 is 0.562 bits per heavy atom. The molecule has 0 amide bonds. The molecule has 0 radical (unpaired) electrons. The van der Waals surface area contributed by atoms with E-state index in [1.165, 1.54) is 32.7 Å². The number of hydrogen-bond donors (Lipinski definition) is 0. The normalized spacial score (nSPS) is 14.2. The Morgan fingerprint density at radius 3 is 1.31 bits per heavy atom. The maximum atomic E-state index is 2.35. The summed E-state index contributed by atoms with van der Waals surface area (Å²) in [6, 6.07) is 0. The zero-order valence-corrected chi connectivity index (χ0v) is 12.9. The first-order chi connectivity index (χ1) is 6.97. The van der Waals surface area contributed by atoms with Crippen molar-refractivity contribution < 1.29 is 13.4 Å². The van der Waals surface area contributed by atoms with Gasteiger partial charge < -0.3 is 13.4 Å². The molecule has 0 aliphatic carbocycles. The van der Waals surface area contributed by atoms with Crippen LogP contribution in [0.5, 0.6) is 0 Å². The van der Waals surface area contributed by atoms with Crippen LogP contribution in [0.4, 0.5) is 0 Å². The molecule has 0 aliphatic rings. The van der Waals surface area contributed by atoms with Crippen molar-refractivity contribution in [1.82, 2.24) is 0 Å². The molecule has 0 saturated carbocycles. The molecule has 0 aliphatic heterocycles. The predicted octanol–water partition coefficient (Wildman–Crippen LogP) is 0.865. The third-order valence-electron chi connectivity index (χ3n) is 3.54. The van der Waals surface area contributed by atoms with E-state index in [4.69, 9.17) is 0 Å². The highest BCUT2D eigenvalue weighted by Gasteiger charge is 2.23. The molecule has 0 aromatic rings. The first kappa shape index (κ1) is 15.9. The highest BCUT2D eigenvalue weighted by molar-refractivity contribution is 4.36. The summed E-state index contributed by atoms with van der Waals surface area (Å²) in [6.07, 6.45) is 0. The van der Waals surface area contributed by atoms with Crippen LogP contribution in [-0.4, -0.2) is 95.5 Å². The summed E-state index contributed by atoms with van der Waals surface area (Å²) in [5.74, 6) is 0. The highest BCUT2D eigenvalue weighted by atomic mass is 15.4. The van der Waals surface area contributed by atoms with Crippen molar-refractivity contribution in [2.24, 2.45) is 0 Å². The Bertz CT molecular complexity index is 202. The van der Waals surface area contributed by atoms with E-state index in [9.17, 15) is 0 Å². The molecule has 98 valence electrons. The van der Waals surface area contributed by atoms with Crippen molar-refractivity contribution in [3.05, 3.63) is 0 Å². The Kier molecular flexibility index (Phi) is 5.44. The second-order valence-corrected chi connectivity index (χ2v) is 7.37. The lowest BCUT2D eigenvalue weighted by Gasteiger charge is -2.36. The van der Waals surface area contributed by atoms with E-state index < -0.39 is 0 Å². The molecule has 0 rings (SSSR count). The first-order valence-electron chi connectivity index (χ1n) is 6.42. The number of hydrogen-bond acceptors (Lipinski definition) is 0. The van der Waals surface area contributed by atoms with Gasteiger partial charge in [-0.1, -0.05) is 0 Å². The summed E-state index contributed by atoms with van der Waals surface area (Å²) in [5.41, 5.74) is 0. The van der Waals surface area contributed by atoms with Gasteiger partial charge in [0, 0.05) is 0 Å². The summed E-state index contributed by atoms with van der Waals surface area (Å²) in [7, 11) is 16.2. The van der Waals surface area contributed by atoms with E-state index >= 15 is 0 Å². The fraction of sp³-hybridized carbons (Fsp3) is 1.00. The maximum absolute atomic E-state index is 2.35. The van der Waals surface area contributed by atoms with Crippen LogP contribution >= 0.6 is 0 Å². The lowest BCUT2D eigenvalue weighted by atomic mass is 10.3. The highest BCUT2D eigenvalue weighted by Crippen LogP contribution is 2.03. The molecule has 3 heteroatoms. The number of rotatable bonds is 7. The maximum Gasteiger partial charge on any atom is 0.128 e. The molecule has 16 heavy (non-hydrogen) atoms. The topological polar surface area (TPSA) is 0 Å². The molecule has 0 bridgehead atoms. The van der Waals surface area contributed by atoms with Crippen LogP contribution in [0, 0.1) is 0 Å². The zero-order valence-electron chi connectivity index (χ0n) is 12.9. The average molecular weight is 232 g/mol. The quantitative estimate of drug-likeness (QED) is 0.571. The van der Waals surface area contributed by atoms with Gasteiger partial charge in [0.15, 0.2) is 0 Å². The Hall–Kier alpha value is -0.120. The van der Waals surface area contributed by atoms with Crippen molar-refractivity contribution in [3.63, 3.8) is 0 Å². The molecular weight excluding hydrogens is 198 g/mol. The predicted molar refractivity (Wildman–Crippen MR) is 72.3 cm³/mol. The van der Waals surface area contributed by atoms with Crippen LogP contribution in [0.1, 0.15) is 6.92 Å².